The number of hydrogen-bond donors (Lipinski definition) is 6. The Labute approximate surface area is 154 Å². The number of fused-ring (bicyclic) bond motifs is 2. The quantitative estimate of drug-likeness (QED) is 0.337. The molecule has 148 valence electrons. The summed E-state index contributed by atoms with van der Waals surface area (Å²) in [6.45, 7) is 9.16. The molecule has 0 aromatic rings. The predicted molar refractivity (Wildman–Crippen MR) is 94.0 cm³/mol. The monoisotopic (exact) mass is 368 g/mol. The van der Waals surface area contributed by atoms with Crippen LogP contribution < -0.4 is 0 Å². The fourth-order valence-corrected chi connectivity index (χ4v) is 7.25. The molecule has 4 aliphatic carbocycles. The molecule has 9 atom stereocenters. The van der Waals surface area contributed by atoms with E-state index >= 15 is 0 Å². The number of rotatable bonds is 0. The molecule has 6 nitrogen and oxygen atoms in total. The Bertz CT molecular complexity index is 655. The molecule has 0 radical (unpaired) electrons. The molecular formula is C20H32O6. The van der Waals surface area contributed by atoms with Crippen molar-refractivity contribution < 1.29 is 30.6 Å². The van der Waals surface area contributed by atoms with Crippen molar-refractivity contribution in [1.29, 1.82) is 0 Å². The Morgan fingerprint density at radius 3 is 2.23 bits per heavy atom. The Balaban J connectivity index is 1.86. The van der Waals surface area contributed by atoms with E-state index in [2.05, 4.69) is 6.58 Å². The first-order valence-electron chi connectivity index (χ1n) is 9.64. The van der Waals surface area contributed by atoms with Gasteiger partial charge in [0.05, 0.1) is 29.5 Å². The van der Waals surface area contributed by atoms with Gasteiger partial charge in [-0.15, -0.1) is 0 Å². The highest BCUT2D eigenvalue weighted by Crippen LogP contribution is 2.69. The van der Waals surface area contributed by atoms with E-state index in [1.54, 1.807) is 20.8 Å². The first-order chi connectivity index (χ1) is 11.7. The van der Waals surface area contributed by atoms with Crippen LogP contribution in [0, 0.1) is 22.7 Å². The van der Waals surface area contributed by atoms with Gasteiger partial charge in [0.15, 0.2) is 0 Å². The molecule has 2 bridgehead atoms. The molecule has 4 saturated carbocycles. The highest BCUT2D eigenvalue weighted by Gasteiger charge is 2.74. The largest absolute Gasteiger partial charge is 0.390 e. The minimum Gasteiger partial charge on any atom is -0.390 e. The lowest BCUT2D eigenvalue weighted by molar-refractivity contribution is -0.170. The van der Waals surface area contributed by atoms with E-state index < -0.39 is 51.9 Å². The van der Waals surface area contributed by atoms with Crippen molar-refractivity contribution in [3.63, 3.8) is 0 Å². The Kier molecular flexibility index (Phi) is 3.56. The van der Waals surface area contributed by atoms with Gasteiger partial charge in [0.2, 0.25) is 0 Å². The van der Waals surface area contributed by atoms with E-state index in [1.165, 1.54) is 0 Å². The molecule has 6 heteroatoms. The zero-order valence-corrected chi connectivity index (χ0v) is 15.8. The van der Waals surface area contributed by atoms with Crippen molar-refractivity contribution in [2.45, 2.75) is 88.0 Å². The van der Waals surface area contributed by atoms with E-state index in [0.717, 1.165) is 0 Å². The molecule has 4 rings (SSSR count). The molecule has 1 spiro atoms. The topological polar surface area (TPSA) is 121 Å². The van der Waals surface area contributed by atoms with Crippen molar-refractivity contribution in [3.8, 4) is 0 Å². The fourth-order valence-electron chi connectivity index (χ4n) is 7.25. The van der Waals surface area contributed by atoms with Gasteiger partial charge in [0, 0.05) is 11.3 Å². The van der Waals surface area contributed by atoms with E-state index in [1.807, 2.05) is 0 Å². The van der Waals surface area contributed by atoms with Crippen LogP contribution in [0.5, 0.6) is 0 Å². The predicted octanol–water partition coefficient (Wildman–Crippen LogP) is 0.0884. The summed E-state index contributed by atoms with van der Waals surface area (Å²) in [6.07, 6.45) is -1.74. The Morgan fingerprint density at radius 2 is 1.62 bits per heavy atom. The molecule has 6 N–H and O–H groups in total. The molecule has 0 heterocycles. The van der Waals surface area contributed by atoms with Gasteiger partial charge in [0.25, 0.3) is 0 Å². The second-order valence-electron chi connectivity index (χ2n) is 10.4. The zero-order chi connectivity index (χ0) is 19.5. The second kappa shape index (κ2) is 4.91. The van der Waals surface area contributed by atoms with Gasteiger partial charge in [-0.1, -0.05) is 26.0 Å². The van der Waals surface area contributed by atoms with Crippen LogP contribution in [0.2, 0.25) is 0 Å². The van der Waals surface area contributed by atoms with Gasteiger partial charge in [-0.3, -0.25) is 0 Å². The van der Waals surface area contributed by atoms with Gasteiger partial charge in [-0.2, -0.15) is 0 Å². The molecule has 4 aliphatic rings. The molecule has 0 aromatic carbocycles. The van der Waals surface area contributed by atoms with Crippen LogP contribution in [0.15, 0.2) is 12.2 Å². The van der Waals surface area contributed by atoms with Gasteiger partial charge < -0.3 is 30.6 Å². The van der Waals surface area contributed by atoms with Crippen molar-refractivity contribution in [2.75, 3.05) is 0 Å². The SMILES string of the molecule is C=C1[C@@H]2[C@@H](O)[C@H](O)C(C)(C)[C@@]2(O)[C@H](O)C[C@@]23C[C@@](O)(CC[C@@H]12)[C@](C)(O)C3. The van der Waals surface area contributed by atoms with E-state index in [-0.39, 0.29) is 12.3 Å². The summed E-state index contributed by atoms with van der Waals surface area (Å²) in [5.74, 6) is -0.982. The van der Waals surface area contributed by atoms with Crippen molar-refractivity contribution in [3.05, 3.63) is 12.2 Å². The number of hydrogen-bond acceptors (Lipinski definition) is 6. The van der Waals surface area contributed by atoms with E-state index in [0.29, 0.717) is 31.3 Å². The van der Waals surface area contributed by atoms with Crippen LogP contribution in [0.1, 0.15) is 52.9 Å². The summed E-state index contributed by atoms with van der Waals surface area (Å²) in [5.41, 5.74) is -5.27. The van der Waals surface area contributed by atoms with Crippen LogP contribution in [-0.2, 0) is 0 Å². The highest BCUT2D eigenvalue weighted by molar-refractivity contribution is 5.33. The standard InChI is InChI=1S/C20H32O6/c1-10-11-5-6-19(25)9-18(11,8-17(19,4)24)7-12(21)20(26)13(10)14(22)15(23)16(20,2)3/h11-15,21-26H,1,5-9H2,2-4H3/t11-,12+,13+,14+,15-,17+,18+,19-,20+/m0/s1. The molecule has 0 unspecified atom stereocenters. The average molecular weight is 368 g/mol. The average Bonchev–Trinajstić information content (AvgIpc) is 2.71. The summed E-state index contributed by atoms with van der Waals surface area (Å²) in [6, 6.07) is 0. The number of aliphatic hydroxyl groups excluding tert-OH is 3. The molecular weight excluding hydrogens is 336 g/mol. The first kappa shape index (κ1) is 18.8. The third kappa shape index (κ3) is 1.84. The van der Waals surface area contributed by atoms with E-state index in [4.69, 9.17) is 0 Å². The molecule has 4 fully saturated rings. The second-order valence-corrected chi connectivity index (χ2v) is 10.4. The maximum absolute atomic E-state index is 11.6. The maximum atomic E-state index is 11.6. The molecule has 0 amide bonds. The van der Waals surface area contributed by atoms with Gasteiger partial charge in [0.1, 0.15) is 5.60 Å². The third-order valence-electron chi connectivity index (χ3n) is 8.79. The summed E-state index contributed by atoms with van der Waals surface area (Å²) < 4.78 is 0. The smallest absolute Gasteiger partial charge is 0.107 e. The summed E-state index contributed by atoms with van der Waals surface area (Å²) in [4.78, 5) is 0. The highest BCUT2D eigenvalue weighted by atomic mass is 16.4. The zero-order valence-electron chi connectivity index (χ0n) is 15.8. The van der Waals surface area contributed by atoms with Crippen LogP contribution >= 0.6 is 0 Å². The molecule has 0 aliphatic heterocycles. The van der Waals surface area contributed by atoms with Crippen molar-refractivity contribution in [1.82, 2.24) is 0 Å². The maximum Gasteiger partial charge on any atom is 0.107 e. The normalized spacial score (nSPS) is 61.1. The van der Waals surface area contributed by atoms with Crippen molar-refractivity contribution in [2.24, 2.45) is 22.7 Å². The first-order valence-corrected chi connectivity index (χ1v) is 9.64. The lowest BCUT2D eigenvalue weighted by atomic mass is 9.62. The Morgan fingerprint density at radius 1 is 1.00 bits per heavy atom. The van der Waals surface area contributed by atoms with Crippen molar-refractivity contribution >= 4 is 0 Å². The third-order valence-corrected chi connectivity index (χ3v) is 8.79. The summed E-state index contributed by atoms with van der Waals surface area (Å²) in [5, 5.41) is 65.9. The van der Waals surface area contributed by atoms with Crippen LogP contribution in [0.3, 0.4) is 0 Å². The summed E-state index contributed by atoms with van der Waals surface area (Å²) in [7, 11) is 0. The van der Waals surface area contributed by atoms with Gasteiger partial charge in [-0.05, 0) is 50.4 Å². The lowest BCUT2D eigenvalue weighted by Gasteiger charge is -2.45. The molecule has 0 aromatic heterocycles. The van der Waals surface area contributed by atoms with Gasteiger partial charge in [-0.25, -0.2) is 0 Å². The van der Waals surface area contributed by atoms with Crippen LogP contribution in [-0.4, -0.2) is 65.8 Å². The minimum atomic E-state index is -1.72. The molecule has 26 heavy (non-hydrogen) atoms. The van der Waals surface area contributed by atoms with E-state index in [9.17, 15) is 30.6 Å². The molecule has 0 saturated heterocycles. The summed E-state index contributed by atoms with van der Waals surface area (Å²) >= 11 is 0. The van der Waals surface area contributed by atoms with Gasteiger partial charge >= 0.3 is 0 Å². The van der Waals surface area contributed by atoms with Crippen LogP contribution in [0.25, 0.3) is 0 Å². The minimum absolute atomic E-state index is 0.138. The number of aliphatic hydroxyl groups is 6. The lowest BCUT2D eigenvalue weighted by Crippen LogP contribution is -2.56. The fraction of sp³-hybridized carbons (Fsp3) is 0.900. The van der Waals surface area contributed by atoms with Crippen LogP contribution in [0.4, 0.5) is 0 Å². The Hall–Kier alpha value is -0.500.